The Balaban J connectivity index is 1.22. The second-order valence-electron chi connectivity index (χ2n) is 8.57. The number of aryl methyl sites for hydroxylation is 1. The van der Waals surface area contributed by atoms with Crippen LogP contribution in [0.1, 0.15) is 38.4 Å². The minimum Gasteiger partial charge on any atom is -0.492 e. The van der Waals surface area contributed by atoms with E-state index in [1.54, 1.807) is 21.5 Å². The predicted octanol–water partition coefficient (Wildman–Crippen LogP) is 4.79. The van der Waals surface area contributed by atoms with Gasteiger partial charge in [0, 0.05) is 31.2 Å². The summed E-state index contributed by atoms with van der Waals surface area (Å²) in [6, 6.07) is 15.3. The zero-order valence-corrected chi connectivity index (χ0v) is 19.5. The lowest BCUT2D eigenvalue weighted by atomic mass is 10.2. The minimum atomic E-state index is -0.120. The zero-order valence-electron chi connectivity index (χ0n) is 19.5. The molecule has 7 nitrogen and oxygen atoms in total. The van der Waals surface area contributed by atoms with Gasteiger partial charge in [-0.2, -0.15) is 0 Å². The van der Waals surface area contributed by atoms with Crippen LogP contribution in [-0.4, -0.2) is 31.4 Å². The molecule has 0 spiro atoms. The van der Waals surface area contributed by atoms with Crippen LogP contribution in [-0.2, 0) is 13.0 Å². The molecule has 0 bridgehead atoms. The van der Waals surface area contributed by atoms with E-state index >= 15 is 0 Å². The molecule has 1 aliphatic rings. The van der Waals surface area contributed by atoms with Crippen molar-refractivity contribution >= 4 is 0 Å². The van der Waals surface area contributed by atoms with Gasteiger partial charge in [-0.05, 0) is 74.2 Å². The summed E-state index contributed by atoms with van der Waals surface area (Å²) in [5.41, 5.74) is 1.49. The maximum Gasteiger partial charge on any atom is 0.337 e. The van der Waals surface area contributed by atoms with Gasteiger partial charge in [-0.25, -0.2) is 9.78 Å². The second-order valence-corrected chi connectivity index (χ2v) is 8.57. The Kier molecular flexibility index (Phi) is 6.51. The van der Waals surface area contributed by atoms with Crippen molar-refractivity contribution in [3.8, 4) is 22.9 Å². The predicted molar refractivity (Wildman–Crippen MR) is 131 cm³/mol. The van der Waals surface area contributed by atoms with E-state index < -0.39 is 0 Å². The first kappa shape index (κ1) is 22.1. The molecule has 5 rings (SSSR count). The van der Waals surface area contributed by atoms with E-state index in [0.29, 0.717) is 12.7 Å². The van der Waals surface area contributed by atoms with E-state index in [9.17, 15) is 4.79 Å². The van der Waals surface area contributed by atoms with Crippen molar-refractivity contribution in [2.75, 3.05) is 6.61 Å². The van der Waals surface area contributed by atoms with E-state index in [1.165, 1.54) is 12.8 Å². The second kappa shape index (κ2) is 10.0. The van der Waals surface area contributed by atoms with E-state index in [4.69, 9.17) is 9.47 Å². The molecule has 4 aromatic rings. The standard InChI is InChI=1S/C27H30N4O3/c1-2-26-28-15-16-29(26)19-20-33-23-11-7-21(8-12-23)30-17-18-31(27(30)32)22-9-13-25(14-10-22)34-24-5-3-4-6-24/h7-18,24H,2-6,19-20H2,1H3. The van der Waals surface area contributed by atoms with Crippen molar-refractivity contribution in [2.24, 2.45) is 0 Å². The Morgan fingerprint density at radius 3 is 2.12 bits per heavy atom. The number of benzene rings is 2. The van der Waals surface area contributed by atoms with Crippen molar-refractivity contribution in [3.05, 3.63) is 89.6 Å². The van der Waals surface area contributed by atoms with Crippen LogP contribution in [0.15, 0.2) is 78.1 Å². The molecule has 2 aromatic heterocycles. The molecular formula is C27H30N4O3. The van der Waals surface area contributed by atoms with Crippen molar-refractivity contribution in [3.63, 3.8) is 0 Å². The molecule has 2 heterocycles. The molecular weight excluding hydrogens is 428 g/mol. The summed E-state index contributed by atoms with van der Waals surface area (Å²) in [5.74, 6) is 2.68. The Labute approximate surface area is 199 Å². The van der Waals surface area contributed by atoms with Crippen molar-refractivity contribution < 1.29 is 9.47 Å². The smallest absolute Gasteiger partial charge is 0.337 e. The molecule has 34 heavy (non-hydrogen) atoms. The largest absolute Gasteiger partial charge is 0.492 e. The number of nitrogens with zero attached hydrogens (tertiary/aromatic N) is 4. The Hall–Kier alpha value is -3.74. The monoisotopic (exact) mass is 458 g/mol. The van der Waals surface area contributed by atoms with Crippen LogP contribution in [0, 0.1) is 0 Å². The van der Waals surface area contributed by atoms with E-state index in [-0.39, 0.29) is 5.69 Å². The highest BCUT2D eigenvalue weighted by Crippen LogP contribution is 2.24. The highest BCUT2D eigenvalue weighted by Gasteiger charge is 2.16. The van der Waals surface area contributed by atoms with Crippen LogP contribution in [0.3, 0.4) is 0 Å². The average molecular weight is 459 g/mol. The Morgan fingerprint density at radius 1 is 0.882 bits per heavy atom. The normalized spacial score (nSPS) is 13.9. The van der Waals surface area contributed by atoms with Crippen LogP contribution in [0.25, 0.3) is 11.4 Å². The minimum absolute atomic E-state index is 0.120. The molecule has 1 saturated carbocycles. The SMILES string of the molecule is CCc1nccn1CCOc1ccc(-n2ccn(-c3ccc(OC4CCCC4)cc3)c2=O)cc1. The van der Waals surface area contributed by atoms with E-state index in [0.717, 1.165) is 54.5 Å². The fourth-order valence-electron chi connectivity index (χ4n) is 4.48. The fraction of sp³-hybridized carbons (Fsp3) is 0.333. The quantitative estimate of drug-likeness (QED) is 0.362. The summed E-state index contributed by atoms with van der Waals surface area (Å²) in [4.78, 5) is 17.4. The number of imidazole rings is 2. The summed E-state index contributed by atoms with van der Waals surface area (Å²) in [6.07, 6.45) is 13.3. The maximum absolute atomic E-state index is 13.0. The van der Waals surface area contributed by atoms with Gasteiger partial charge in [0.1, 0.15) is 23.9 Å². The lowest BCUT2D eigenvalue weighted by molar-refractivity contribution is 0.210. The lowest BCUT2D eigenvalue weighted by Gasteiger charge is -2.13. The van der Waals surface area contributed by atoms with Gasteiger partial charge >= 0.3 is 5.69 Å². The first-order chi connectivity index (χ1) is 16.7. The number of ether oxygens (including phenoxy) is 2. The summed E-state index contributed by atoms with van der Waals surface area (Å²) in [6.45, 7) is 3.39. The van der Waals surface area contributed by atoms with Gasteiger partial charge in [0.05, 0.1) is 24.0 Å². The molecule has 0 N–H and O–H groups in total. The number of hydrogen-bond donors (Lipinski definition) is 0. The summed E-state index contributed by atoms with van der Waals surface area (Å²) in [7, 11) is 0. The third-order valence-electron chi connectivity index (χ3n) is 6.33. The molecule has 2 aromatic carbocycles. The molecule has 0 radical (unpaired) electrons. The Bertz CT molecular complexity index is 1260. The zero-order chi connectivity index (χ0) is 23.3. The molecule has 0 saturated heterocycles. The average Bonchev–Trinajstić information content (AvgIpc) is 3.62. The van der Waals surface area contributed by atoms with Gasteiger partial charge in [-0.3, -0.25) is 9.13 Å². The molecule has 0 unspecified atom stereocenters. The summed E-state index contributed by atoms with van der Waals surface area (Å²) < 4.78 is 17.3. The van der Waals surface area contributed by atoms with Gasteiger partial charge in [0.15, 0.2) is 0 Å². The molecule has 7 heteroatoms. The highest BCUT2D eigenvalue weighted by molar-refractivity contribution is 5.40. The van der Waals surface area contributed by atoms with E-state index in [1.807, 2.05) is 60.9 Å². The first-order valence-corrected chi connectivity index (χ1v) is 12.0. The van der Waals surface area contributed by atoms with Crippen LogP contribution < -0.4 is 15.2 Å². The van der Waals surface area contributed by atoms with Crippen molar-refractivity contribution in [1.82, 2.24) is 18.7 Å². The first-order valence-electron chi connectivity index (χ1n) is 12.0. The number of hydrogen-bond acceptors (Lipinski definition) is 4. The van der Waals surface area contributed by atoms with E-state index in [2.05, 4.69) is 16.5 Å². The third-order valence-corrected chi connectivity index (χ3v) is 6.33. The van der Waals surface area contributed by atoms with Crippen LogP contribution in [0.4, 0.5) is 0 Å². The van der Waals surface area contributed by atoms with Crippen LogP contribution in [0.5, 0.6) is 11.5 Å². The maximum atomic E-state index is 13.0. The topological polar surface area (TPSA) is 63.2 Å². The molecule has 1 aliphatic carbocycles. The molecule has 0 amide bonds. The Morgan fingerprint density at radius 2 is 1.50 bits per heavy atom. The van der Waals surface area contributed by atoms with Gasteiger partial charge < -0.3 is 14.0 Å². The van der Waals surface area contributed by atoms with Crippen molar-refractivity contribution in [2.45, 2.75) is 51.7 Å². The van der Waals surface area contributed by atoms with Crippen LogP contribution >= 0.6 is 0 Å². The van der Waals surface area contributed by atoms with Gasteiger partial charge in [0.2, 0.25) is 0 Å². The highest BCUT2D eigenvalue weighted by atomic mass is 16.5. The number of aromatic nitrogens is 4. The molecule has 1 fully saturated rings. The molecule has 0 atom stereocenters. The van der Waals surface area contributed by atoms with Gasteiger partial charge in [-0.1, -0.05) is 6.92 Å². The van der Waals surface area contributed by atoms with Crippen LogP contribution in [0.2, 0.25) is 0 Å². The summed E-state index contributed by atoms with van der Waals surface area (Å²) in [5, 5.41) is 0. The van der Waals surface area contributed by atoms with Gasteiger partial charge in [0.25, 0.3) is 0 Å². The summed E-state index contributed by atoms with van der Waals surface area (Å²) >= 11 is 0. The van der Waals surface area contributed by atoms with Gasteiger partial charge in [-0.15, -0.1) is 0 Å². The fourth-order valence-corrected chi connectivity index (χ4v) is 4.48. The number of rotatable bonds is 9. The van der Waals surface area contributed by atoms with Crippen molar-refractivity contribution in [1.29, 1.82) is 0 Å². The molecule has 176 valence electrons. The lowest BCUT2D eigenvalue weighted by Crippen LogP contribution is -2.21. The molecule has 0 aliphatic heterocycles. The third kappa shape index (κ3) is 4.78.